The van der Waals surface area contributed by atoms with Crippen molar-refractivity contribution in [2.24, 2.45) is 11.1 Å². The highest BCUT2D eigenvalue weighted by molar-refractivity contribution is 5.80. The molecule has 1 unspecified atom stereocenters. The Morgan fingerprint density at radius 1 is 1.42 bits per heavy atom. The van der Waals surface area contributed by atoms with Crippen LogP contribution in [0.3, 0.4) is 0 Å². The predicted octanol–water partition coefficient (Wildman–Crippen LogP) is 2.14. The number of fused-ring (bicyclic) bond motifs is 1. The maximum Gasteiger partial charge on any atom is 0.223 e. The summed E-state index contributed by atoms with van der Waals surface area (Å²) in [6, 6.07) is 4.01. The molecular weight excluding hydrogens is 302 g/mol. The molecule has 0 aromatic carbocycles. The van der Waals surface area contributed by atoms with Crippen LogP contribution in [0.25, 0.3) is 11.0 Å². The Labute approximate surface area is 143 Å². The third-order valence-corrected chi connectivity index (χ3v) is 4.49. The van der Waals surface area contributed by atoms with Crippen LogP contribution in [-0.2, 0) is 11.3 Å². The summed E-state index contributed by atoms with van der Waals surface area (Å²) in [5.74, 6) is 0.522. The second-order valence-corrected chi connectivity index (χ2v) is 7.83. The summed E-state index contributed by atoms with van der Waals surface area (Å²) >= 11 is 0. The van der Waals surface area contributed by atoms with Crippen molar-refractivity contribution in [2.45, 2.75) is 46.1 Å². The summed E-state index contributed by atoms with van der Waals surface area (Å²) in [6.07, 6.45) is 3.33. The molecule has 3 heterocycles. The first-order valence-electron chi connectivity index (χ1n) is 8.68. The molecule has 0 bridgehead atoms. The molecule has 6 heteroatoms. The molecule has 2 aromatic heterocycles. The lowest BCUT2D eigenvalue weighted by Gasteiger charge is -2.22. The number of hydrogen-bond acceptors (Lipinski definition) is 4. The molecule has 2 N–H and O–H groups in total. The number of hydrogen-bond donors (Lipinski definition) is 1. The highest BCUT2D eigenvalue weighted by Gasteiger charge is 2.32. The zero-order valence-electron chi connectivity index (χ0n) is 14.8. The van der Waals surface area contributed by atoms with E-state index >= 15 is 0 Å². The van der Waals surface area contributed by atoms with E-state index in [-0.39, 0.29) is 17.2 Å². The highest BCUT2D eigenvalue weighted by Crippen LogP contribution is 2.32. The fourth-order valence-electron chi connectivity index (χ4n) is 3.39. The molecule has 1 amide bonds. The largest absolute Gasteiger partial charge is 0.342 e. The molecule has 1 fully saturated rings. The standard InChI is InChI=1S/C18H27N5O/c1-18(2,3)11-15(24)22-9-6-13(12-22)16-14-5-4-8-20-17(14)23(21-16)10-7-19/h4-5,8,13H,6-7,9-12,19H2,1-3H3. The third-order valence-electron chi connectivity index (χ3n) is 4.49. The average Bonchev–Trinajstić information content (AvgIpc) is 3.11. The zero-order chi connectivity index (χ0) is 17.3. The number of carbonyl (C=O) groups excluding carboxylic acids is 1. The summed E-state index contributed by atoms with van der Waals surface area (Å²) in [7, 11) is 0. The van der Waals surface area contributed by atoms with Gasteiger partial charge in [-0.05, 0) is 24.0 Å². The van der Waals surface area contributed by atoms with E-state index in [1.54, 1.807) is 6.20 Å². The topological polar surface area (TPSA) is 77.0 Å². The van der Waals surface area contributed by atoms with Crippen molar-refractivity contribution in [2.75, 3.05) is 19.6 Å². The molecule has 0 radical (unpaired) electrons. The summed E-state index contributed by atoms with van der Waals surface area (Å²) in [5.41, 5.74) is 7.66. The van der Waals surface area contributed by atoms with Gasteiger partial charge in [0, 0.05) is 43.6 Å². The lowest BCUT2D eigenvalue weighted by atomic mass is 9.91. The summed E-state index contributed by atoms with van der Waals surface area (Å²) in [5, 5.41) is 5.85. The molecule has 1 aliphatic heterocycles. The van der Waals surface area contributed by atoms with Gasteiger partial charge in [0.25, 0.3) is 0 Å². The van der Waals surface area contributed by atoms with Gasteiger partial charge >= 0.3 is 0 Å². The molecule has 130 valence electrons. The Bertz CT molecular complexity index is 731. The Morgan fingerprint density at radius 2 is 2.21 bits per heavy atom. The lowest BCUT2D eigenvalue weighted by Crippen LogP contribution is -2.31. The predicted molar refractivity (Wildman–Crippen MR) is 94.6 cm³/mol. The summed E-state index contributed by atoms with van der Waals surface area (Å²) in [6.45, 7) is 9.06. The summed E-state index contributed by atoms with van der Waals surface area (Å²) in [4.78, 5) is 18.9. The first-order chi connectivity index (χ1) is 11.4. The minimum Gasteiger partial charge on any atom is -0.342 e. The third kappa shape index (κ3) is 3.43. The fraction of sp³-hybridized carbons (Fsp3) is 0.611. The Hall–Kier alpha value is -1.95. The van der Waals surface area contributed by atoms with Crippen LogP contribution >= 0.6 is 0 Å². The number of carbonyl (C=O) groups is 1. The van der Waals surface area contributed by atoms with Gasteiger partial charge in [0.1, 0.15) is 0 Å². The van der Waals surface area contributed by atoms with Crippen molar-refractivity contribution < 1.29 is 4.79 Å². The number of pyridine rings is 1. The molecule has 3 rings (SSSR count). The smallest absolute Gasteiger partial charge is 0.223 e. The average molecular weight is 329 g/mol. The zero-order valence-corrected chi connectivity index (χ0v) is 14.8. The van der Waals surface area contributed by atoms with Crippen LogP contribution in [0.4, 0.5) is 0 Å². The first-order valence-corrected chi connectivity index (χ1v) is 8.68. The highest BCUT2D eigenvalue weighted by atomic mass is 16.2. The second-order valence-electron chi connectivity index (χ2n) is 7.83. The van der Waals surface area contributed by atoms with Gasteiger partial charge in [-0.15, -0.1) is 0 Å². The van der Waals surface area contributed by atoms with Gasteiger partial charge in [-0.1, -0.05) is 20.8 Å². The van der Waals surface area contributed by atoms with Gasteiger partial charge < -0.3 is 10.6 Å². The number of nitrogens with zero attached hydrogens (tertiary/aromatic N) is 4. The molecule has 24 heavy (non-hydrogen) atoms. The number of aromatic nitrogens is 3. The fourth-order valence-corrected chi connectivity index (χ4v) is 3.39. The van der Waals surface area contributed by atoms with Crippen molar-refractivity contribution in [1.82, 2.24) is 19.7 Å². The van der Waals surface area contributed by atoms with E-state index in [1.807, 2.05) is 15.6 Å². The Morgan fingerprint density at radius 3 is 2.92 bits per heavy atom. The van der Waals surface area contributed by atoms with Crippen molar-refractivity contribution in [3.8, 4) is 0 Å². The van der Waals surface area contributed by atoms with Gasteiger partial charge in [0.05, 0.1) is 12.2 Å². The van der Waals surface area contributed by atoms with Crippen LogP contribution in [-0.4, -0.2) is 45.2 Å². The van der Waals surface area contributed by atoms with Gasteiger partial charge in [0.2, 0.25) is 5.91 Å². The van der Waals surface area contributed by atoms with Crippen molar-refractivity contribution in [1.29, 1.82) is 0 Å². The lowest BCUT2D eigenvalue weighted by molar-refractivity contribution is -0.132. The van der Waals surface area contributed by atoms with E-state index in [4.69, 9.17) is 10.8 Å². The summed E-state index contributed by atoms with van der Waals surface area (Å²) < 4.78 is 1.89. The molecule has 2 aromatic rings. The normalized spacial score (nSPS) is 18.5. The molecule has 1 saturated heterocycles. The van der Waals surface area contributed by atoms with Crippen LogP contribution in [0.2, 0.25) is 0 Å². The molecule has 6 nitrogen and oxygen atoms in total. The number of nitrogens with two attached hydrogens (primary N) is 1. The van der Waals surface area contributed by atoms with Gasteiger partial charge in [-0.3, -0.25) is 4.79 Å². The molecule has 0 saturated carbocycles. The van der Waals surface area contributed by atoms with E-state index in [2.05, 4.69) is 31.8 Å². The SMILES string of the molecule is CC(C)(C)CC(=O)N1CCC(c2nn(CCN)c3ncccc23)C1. The van der Waals surface area contributed by atoms with Crippen LogP contribution in [0.1, 0.15) is 45.2 Å². The minimum absolute atomic E-state index is 0.0223. The van der Waals surface area contributed by atoms with Crippen LogP contribution in [0, 0.1) is 5.41 Å². The molecule has 0 spiro atoms. The van der Waals surface area contributed by atoms with Crippen LogP contribution in [0.15, 0.2) is 18.3 Å². The molecule has 1 aliphatic rings. The van der Waals surface area contributed by atoms with Gasteiger partial charge in [-0.2, -0.15) is 5.10 Å². The van der Waals surface area contributed by atoms with E-state index in [1.165, 1.54) is 0 Å². The molecular formula is C18H27N5O. The van der Waals surface area contributed by atoms with E-state index in [0.717, 1.165) is 36.2 Å². The van der Waals surface area contributed by atoms with Crippen LogP contribution in [0.5, 0.6) is 0 Å². The quantitative estimate of drug-likeness (QED) is 0.932. The van der Waals surface area contributed by atoms with E-state index in [9.17, 15) is 4.79 Å². The Balaban J connectivity index is 1.81. The number of amides is 1. The van der Waals surface area contributed by atoms with E-state index in [0.29, 0.717) is 19.5 Å². The first kappa shape index (κ1) is 16.9. The van der Waals surface area contributed by atoms with Crippen molar-refractivity contribution >= 4 is 16.9 Å². The second kappa shape index (κ2) is 6.51. The minimum atomic E-state index is 0.0223. The maximum absolute atomic E-state index is 12.5. The van der Waals surface area contributed by atoms with Crippen molar-refractivity contribution in [3.63, 3.8) is 0 Å². The molecule has 0 aliphatic carbocycles. The Kier molecular flexibility index (Phi) is 4.58. The van der Waals surface area contributed by atoms with Crippen molar-refractivity contribution in [3.05, 3.63) is 24.0 Å². The van der Waals surface area contributed by atoms with Gasteiger partial charge in [0.15, 0.2) is 5.65 Å². The number of rotatable bonds is 4. The maximum atomic E-state index is 12.5. The van der Waals surface area contributed by atoms with E-state index < -0.39 is 0 Å². The van der Waals surface area contributed by atoms with Crippen LogP contribution < -0.4 is 5.73 Å². The molecule has 1 atom stereocenters. The van der Waals surface area contributed by atoms with Gasteiger partial charge in [-0.25, -0.2) is 9.67 Å². The number of likely N-dealkylation sites (tertiary alicyclic amines) is 1. The monoisotopic (exact) mass is 329 g/mol.